The quantitative estimate of drug-likeness (QED) is 0.636. The molecule has 2 aromatic carbocycles. The summed E-state index contributed by atoms with van der Waals surface area (Å²) in [6.07, 6.45) is 1.58. The maximum atomic E-state index is 12.2. The van der Waals surface area contributed by atoms with E-state index in [1.54, 1.807) is 37.3 Å². The molecule has 5 nitrogen and oxygen atoms in total. The maximum Gasteiger partial charge on any atom is 0.232 e. The zero-order chi connectivity index (χ0) is 20.2. The molecule has 0 spiro atoms. The molecule has 0 aliphatic heterocycles. The average Bonchev–Trinajstić information content (AvgIpc) is 2.56. The fourth-order valence-electron chi connectivity index (χ4n) is 2.50. The van der Waals surface area contributed by atoms with E-state index in [4.69, 9.17) is 34.8 Å². The van der Waals surface area contributed by atoms with Gasteiger partial charge >= 0.3 is 0 Å². The van der Waals surface area contributed by atoms with Crippen molar-refractivity contribution in [2.45, 2.75) is 19.8 Å². The summed E-state index contributed by atoms with van der Waals surface area (Å²) in [4.78, 5) is 12.1. The Morgan fingerprint density at radius 3 is 2.33 bits per heavy atom. The molecule has 0 aliphatic carbocycles. The predicted molar refractivity (Wildman–Crippen MR) is 113 cm³/mol. The monoisotopic (exact) mass is 448 g/mol. The van der Waals surface area contributed by atoms with E-state index in [1.807, 2.05) is 0 Å². The fourth-order valence-corrected chi connectivity index (χ4v) is 4.14. The number of anilines is 2. The van der Waals surface area contributed by atoms with Crippen LogP contribution in [0.25, 0.3) is 0 Å². The third kappa shape index (κ3) is 6.28. The number of hydrogen-bond acceptors (Lipinski definition) is 3. The van der Waals surface area contributed by atoms with Crippen molar-refractivity contribution in [1.82, 2.24) is 0 Å². The van der Waals surface area contributed by atoms with Crippen molar-refractivity contribution in [3.63, 3.8) is 0 Å². The average molecular weight is 450 g/mol. The molecule has 9 heteroatoms. The first-order valence-electron chi connectivity index (χ1n) is 8.06. The van der Waals surface area contributed by atoms with Crippen LogP contribution >= 0.6 is 34.8 Å². The lowest BCUT2D eigenvalue weighted by atomic mass is 10.2. The molecular weight excluding hydrogens is 431 g/mol. The molecule has 27 heavy (non-hydrogen) atoms. The summed E-state index contributed by atoms with van der Waals surface area (Å²) in [7, 11) is -3.52. The van der Waals surface area contributed by atoms with E-state index in [9.17, 15) is 13.2 Å². The summed E-state index contributed by atoms with van der Waals surface area (Å²) in [6.45, 7) is 1.96. The van der Waals surface area contributed by atoms with Gasteiger partial charge in [0.25, 0.3) is 0 Å². The molecule has 1 N–H and O–H groups in total. The standard InChI is InChI=1S/C18H19Cl3N2O3S/c1-12-5-6-14(20)11-17(12)23(27(2,25)26)9-3-4-18(24)22-16-8-7-13(19)10-15(16)21/h5-8,10-11H,3-4,9H2,1-2H3,(H,22,24). The molecule has 2 aromatic rings. The molecule has 0 atom stereocenters. The molecule has 0 fully saturated rings. The Morgan fingerprint density at radius 1 is 1.07 bits per heavy atom. The molecule has 0 saturated carbocycles. The van der Waals surface area contributed by atoms with E-state index in [-0.39, 0.29) is 18.9 Å². The van der Waals surface area contributed by atoms with Gasteiger partial charge in [0.1, 0.15) is 0 Å². The first-order chi connectivity index (χ1) is 12.6. The number of nitrogens with one attached hydrogen (secondary N) is 1. The van der Waals surface area contributed by atoms with E-state index < -0.39 is 10.0 Å². The van der Waals surface area contributed by atoms with Gasteiger partial charge in [0, 0.05) is 23.0 Å². The molecule has 0 saturated heterocycles. The van der Waals surface area contributed by atoms with Crippen LogP contribution in [-0.2, 0) is 14.8 Å². The zero-order valence-electron chi connectivity index (χ0n) is 14.8. The van der Waals surface area contributed by atoms with Gasteiger partial charge in [-0.2, -0.15) is 0 Å². The van der Waals surface area contributed by atoms with Gasteiger partial charge in [0.2, 0.25) is 15.9 Å². The van der Waals surface area contributed by atoms with E-state index >= 15 is 0 Å². The molecule has 0 heterocycles. The number of aryl methyl sites for hydroxylation is 1. The summed E-state index contributed by atoms with van der Waals surface area (Å²) < 4.78 is 25.6. The Balaban J connectivity index is 2.03. The minimum absolute atomic E-state index is 0.130. The van der Waals surface area contributed by atoms with Crippen molar-refractivity contribution < 1.29 is 13.2 Å². The maximum absolute atomic E-state index is 12.2. The minimum Gasteiger partial charge on any atom is -0.325 e. The van der Waals surface area contributed by atoms with Crippen molar-refractivity contribution in [1.29, 1.82) is 0 Å². The van der Waals surface area contributed by atoms with E-state index in [0.29, 0.717) is 32.9 Å². The number of nitrogens with zero attached hydrogens (tertiary/aromatic N) is 1. The van der Waals surface area contributed by atoms with Gasteiger partial charge in [-0.15, -0.1) is 0 Å². The topological polar surface area (TPSA) is 66.5 Å². The Kier molecular flexibility index (Phi) is 7.40. The van der Waals surface area contributed by atoms with Gasteiger partial charge < -0.3 is 5.32 Å². The summed E-state index contributed by atoms with van der Waals surface area (Å²) in [6, 6.07) is 9.82. The largest absolute Gasteiger partial charge is 0.325 e. The summed E-state index contributed by atoms with van der Waals surface area (Å²) in [5.41, 5.74) is 1.74. The fraction of sp³-hybridized carbons (Fsp3) is 0.278. The molecule has 0 radical (unpaired) electrons. The smallest absolute Gasteiger partial charge is 0.232 e. The van der Waals surface area contributed by atoms with Crippen molar-refractivity contribution >= 4 is 62.1 Å². The lowest BCUT2D eigenvalue weighted by Gasteiger charge is -2.24. The van der Waals surface area contributed by atoms with E-state index in [0.717, 1.165) is 11.8 Å². The molecule has 1 amide bonds. The molecule has 2 rings (SSSR count). The van der Waals surface area contributed by atoms with Crippen molar-refractivity contribution in [3.8, 4) is 0 Å². The van der Waals surface area contributed by atoms with Gasteiger partial charge in [-0.1, -0.05) is 40.9 Å². The first kappa shape index (κ1) is 21.8. The second kappa shape index (κ2) is 9.15. The SMILES string of the molecule is Cc1ccc(Cl)cc1N(CCCC(=O)Nc1ccc(Cl)cc1Cl)S(C)(=O)=O. The number of hydrogen-bond donors (Lipinski definition) is 1. The third-order valence-corrected chi connectivity index (χ3v) is 5.77. The van der Waals surface area contributed by atoms with Crippen LogP contribution in [0.2, 0.25) is 15.1 Å². The van der Waals surface area contributed by atoms with E-state index in [2.05, 4.69) is 5.32 Å². The Labute approximate surface area is 174 Å². The minimum atomic E-state index is -3.52. The molecule has 0 unspecified atom stereocenters. The third-order valence-electron chi connectivity index (χ3n) is 3.81. The van der Waals surface area contributed by atoms with Crippen LogP contribution in [0.5, 0.6) is 0 Å². The summed E-state index contributed by atoms with van der Waals surface area (Å²) in [5.74, 6) is -0.268. The molecule has 146 valence electrons. The summed E-state index contributed by atoms with van der Waals surface area (Å²) >= 11 is 17.9. The van der Waals surface area contributed by atoms with Crippen LogP contribution in [0.1, 0.15) is 18.4 Å². The highest BCUT2D eigenvalue weighted by Gasteiger charge is 2.20. The second-order valence-electron chi connectivity index (χ2n) is 6.04. The molecule has 0 aliphatic rings. The number of halogens is 3. The second-order valence-corrected chi connectivity index (χ2v) is 9.23. The number of rotatable bonds is 7. The highest BCUT2D eigenvalue weighted by molar-refractivity contribution is 7.92. The predicted octanol–water partition coefficient (Wildman–Crippen LogP) is 5.14. The van der Waals surface area contributed by atoms with Crippen molar-refractivity contribution in [2.24, 2.45) is 0 Å². The van der Waals surface area contributed by atoms with Crippen LogP contribution in [0.15, 0.2) is 36.4 Å². The van der Waals surface area contributed by atoms with Crippen LogP contribution in [0, 0.1) is 6.92 Å². The van der Waals surface area contributed by atoms with Crippen molar-refractivity contribution in [2.75, 3.05) is 22.4 Å². The summed E-state index contributed by atoms with van der Waals surface area (Å²) in [5, 5.41) is 3.94. The number of sulfonamides is 1. The van der Waals surface area contributed by atoms with Crippen LogP contribution in [0.4, 0.5) is 11.4 Å². The number of carbonyl (C=O) groups excluding carboxylic acids is 1. The van der Waals surface area contributed by atoms with Gasteiger partial charge in [-0.3, -0.25) is 9.10 Å². The number of amides is 1. The van der Waals surface area contributed by atoms with Gasteiger partial charge in [-0.25, -0.2) is 8.42 Å². The number of benzene rings is 2. The van der Waals surface area contributed by atoms with Crippen LogP contribution < -0.4 is 9.62 Å². The van der Waals surface area contributed by atoms with Gasteiger partial charge in [0.05, 0.1) is 22.7 Å². The Hall–Kier alpha value is -1.47. The van der Waals surface area contributed by atoms with Gasteiger partial charge in [-0.05, 0) is 49.2 Å². The Morgan fingerprint density at radius 2 is 1.70 bits per heavy atom. The zero-order valence-corrected chi connectivity index (χ0v) is 17.9. The highest BCUT2D eigenvalue weighted by Crippen LogP contribution is 2.27. The van der Waals surface area contributed by atoms with Crippen LogP contribution in [-0.4, -0.2) is 27.1 Å². The lowest BCUT2D eigenvalue weighted by Crippen LogP contribution is -2.32. The normalized spacial score (nSPS) is 11.3. The first-order valence-corrected chi connectivity index (χ1v) is 11.0. The van der Waals surface area contributed by atoms with Crippen LogP contribution in [0.3, 0.4) is 0 Å². The van der Waals surface area contributed by atoms with Gasteiger partial charge in [0.15, 0.2) is 0 Å². The lowest BCUT2D eigenvalue weighted by molar-refractivity contribution is -0.116. The van der Waals surface area contributed by atoms with Crippen molar-refractivity contribution in [3.05, 3.63) is 57.0 Å². The van der Waals surface area contributed by atoms with E-state index in [1.165, 1.54) is 10.4 Å². The number of carbonyl (C=O) groups is 1. The molecular formula is C18H19Cl3N2O3S. The Bertz CT molecular complexity index is 949. The highest BCUT2D eigenvalue weighted by atomic mass is 35.5. The molecule has 0 aromatic heterocycles. The molecule has 0 bridgehead atoms.